The van der Waals surface area contributed by atoms with Gasteiger partial charge in [-0.1, -0.05) is 17.7 Å². The van der Waals surface area contributed by atoms with Gasteiger partial charge in [-0.05, 0) is 25.2 Å². The van der Waals surface area contributed by atoms with E-state index in [2.05, 4.69) is 17.3 Å². The summed E-state index contributed by atoms with van der Waals surface area (Å²) in [4.78, 5) is 16.1. The molecule has 0 spiro atoms. The maximum Gasteiger partial charge on any atom is 0.241 e. The van der Waals surface area contributed by atoms with Crippen LogP contribution >= 0.6 is 11.6 Å². The normalized spacial score (nSPS) is 16.7. The minimum absolute atomic E-state index is 0.142. The monoisotopic (exact) mass is 267 g/mol. The fourth-order valence-electron chi connectivity index (χ4n) is 1.94. The summed E-state index contributed by atoms with van der Waals surface area (Å²) in [7, 11) is 2.08. The van der Waals surface area contributed by atoms with Crippen molar-refractivity contribution in [1.29, 1.82) is 0 Å². The molecule has 1 aliphatic heterocycles. The number of rotatable bonds is 3. The molecule has 1 aromatic carbocycles. The van der Waals surface area contributed by atoms with E-state index in [4.69, 9.17) is 11.6 Å². The van der Waals surface area contributed by atoms with E-state index in [0.29, 0.717) is 11.6 Å². The summed E-state index contributed by atoms with van der Waals surface area (Å²) in [5.41, 5.74) is 0.880. The molecule has 0 bridgehead atoms. The van der Waals surface area contributed by atoms with Crippen LogP contribution in [0, 0.1) is 0 Å². The Hall–Kier alpha value is -1.26. The van der Waals surface area contributed by atoms with Gasteiger partial charge in [-0.15, -0.1) is 0 Å². The van der Waals surface area contributed by atoms with Crippen molar-refractivity contribution in [3.8, 4) is 0 Å². The average molecular weight is 268 g/mol. The number of nitrogens with zero attached hydrogens (tertiary/aromatic N) is 2. The van der Waals surface area contributed by atoms with Crippen molar-refractivity contribution < 1.29 is 4.79 Å². The first-order chi connectivity index (χ1) is 8.65. The van der Waals surface area contributed by atoms with Crippen LogP contribution in [-0.2, 0) is 4.79 Å². The summed E-state index contributed by atoms with van der Waals surface area (Å²) < 4.78 is 0. The van der Waals surface area contributed by atoms with E-state index in [1.807, 2.05) is 29.2 Å². The first-order valence-corrected chi connectivity index (χ1v) is 6.49. The van der Waals surface area contributed by atoms with Gasteiger partial charge in [0, 0.05) is 36.9 Å². The van der Waals surface area contributed by atoms with Crippen molar-refractivity contribution >= 4 is 23.2 Å². The smallest absolute Gasteiger partial charge is 0.241 e. The highest BCUT2D eigenvalue weighted by molar-refractivity contribution is 6.30. The number of benzene rings is 1. The molecule has 0 atom stereocenters. The molecule has 0 saturated carbocycles. The van der Waals surface area contributed by atoms with E-state index in [1.54, 1.807) is 0 Å². The Labute approximate surface area is 113 Å². The predicted molar refractivity (Wildman–Crippen MR) is 74.0 cm³/mol. The zero-order valence-electron chi connectivity index (χ0n) is 10.5. The first-order valence-electron chi connectivity index (χ1n) is 6.11. The van der Waals surface area contributed by atoms with Gasteiger partial charge in [0.1, 0.15) is 0 Å². The second-order valence-corrected chi connectivity index (χ2v) is 4.98. The summed E-state index contributed by atoms with van der Waals surface area (Å²) in [6.07, 6.45) is 0. The largest absolute Gasteiger partial charge is 0.376 e. The summed E-state index contributed by atoms with van der Waals surface area (Å²) in [5, 5.41) is 3.78. The minimum Gasteiger partial charge on any atom is -0.376 e. The molecule has 0 aromatic heterocycles. The molecule has 1 aliphatic rings. The van der Waals surface area contributed by atoms with Crippen LogP contribution in [0.5, 0.6) is 0 Å². The maximum absolute atomic E-state index is 12.0. The number of hydrogen-bond donors (Lipinski definition) is 1. The lowest BCUT2D eigenvalue weighted by atomic mass is 10.3. The number of carbonyl (C=O) groups excluding carboxylic acids is 1. The summed E-state index contributed by atoms with van der Waals surface area (Å²) in [6, 6.07) is 7.40. The summed E-state index contributed by atoms with van der Waals surface area (Å²) in [6.45, 7) is 3.84. The molecule has 0 radical (unpaired) electrons. The highest BCUT2D eigenvalue weighted by Crippen LogP contribution is 2.14. The topological polar surface area (TPSA) is 35.6 Å². The lowest BCUT2D eigenvalue weighted by Gasteiger charge is -2.32. The van der Waals surface area contributed by atoms with Gasteiger partial charge < -0.3 is 15.1 Å². The Bertz CT molecular complexity index is 416. The third-order valence-electron chi connectivity index (χ3n) is 3.12. The van der Waals surface area contributed by atoms with E-state index < -0.39 is 0 Å². The highest BCUT2D eigenvalue weighted by Gasteiger charge is 2.18. The van der Waals surface area contributed by atoms with Crippen LogP contribution in [0.4, 0.5) is 5.69 Å². The van der Waals surface area contributed by atoms with Crippen molar-refractivity contribution in [1.82, 2.24) is 9.80 Å². The van der Waals surface area contributed by atoms with Crippen molar-refractivity contribution in [2.24, 2.45) is 0 Å². The minimum atomic E-state index is 0.142. The number of hydrogen-bond acceptors (Lipinski definition) is 3. The average Bonchev–Trinajstić information content (AvgIpc) is 2.37. The number of carbonyl (C=O) groups is 1. The molecule has 98 valence electrons. The molecular formula is C13H18ClN3O. The zero-order chi connectivity index (χ0) is 13.0. The third kappa shape index (κ3) is 3.62. The van der Waals surface area contributed by atoms with Crippen molar-refractivity contribution in [3.05, 3.63) is 29.3 Å². The van der Waals surface area contributed by atoms with Crippen LogP contribution in [0.2, 0.25) is 5.02 Å². The van der Waals surface area contributed by atoms with Gasteiger partial charge in [0.2, 0.25) is 5.91 Å². The van der Waals surface area contributed by atoms with Crippen molar-refractivity contribution in [2.75, 3.05) is 45.1 Å². The number of anilines is 1. The Morgan fingerprint density at radius 3 is 2.72 bits per heavy atom. The van der Waals surface area contributed by atoms with E-state index in [-0.39, 0.29) is 5.91 Å². The highest BCUT2D eigenvalue weighted by atomic mass is 35.5. The number of amides is 1. The van der Waals surface area contributed by atoms with E-state index >= 15 is 0 Å². The molecule has 1 fully saturated rings. The number of halogens is 1. The Balaban J connectivity index is 1.81. The second kappa shape index (κ2) is 6.07. The molecule has 18 heavy (non-hydrogen) atoms. The van der Waals surface area contributed by atoms with Gasteiger partial charge in [0.15, 0.2) is 0 Å². The van der Waals surface area contributed by atoms with Gasteiger partial charge in [-0.2, -0.15) is 0 Å². The molecular weight excluding hydrogens is 250 g/mol. The van der Waals surface area contributed by atoms with Crippen LogP contribution in [0.25, 0.3) is 0 Å². The Morgan fingerprint density at radius 1 is 1.33 bits per heavy atom. The van der Waals surface area contributed by atoms with Crippen LogP contribution < -0.4 is 5.32 Å². The standard InChI is InChI=1S/C13H18ClN3O/c1-16-5-7-17(8-6-16)13(18)10-15-12-4-2-3-11(14)9-12/h2-4,9,15H,5-8,10H2,1H3. The van der Waals surface area contributed by atoms with Gasteiger partial charge in [0.05, 0.1) is 6.54 Å². The molecule has 1 saturated heterocycles. The molecule has 1 heterocycles. The molecule has 0 aliphatic carbocycles. The summed E-state index contributed by atoms with van der Waals surface area (Å²) >= 11 is 5.88. The quantitative estimate of drug-likeness (QED) is 0.902. The Morgan fingerprint density at radius 2 is 2.06 bits per heavy atom. The summed E-state index contributed by atoms with van der Waals surface area (Å²) in [5.74, 6) is 0.142. The predicted octanol–water partition coefficient (Wildman–Crippen LogP) is 1.53. The number of piperazine rings is 1. The third-order valence-corrected chi connectivity index (χ3v) is 3.36. The lowest BCUT2D eigenvalue weighted by Crippen LogP contribution is -2.48. The molecule has 1 amide bonds. The van der Waals surface area contributed by atoms with Gasteiger partial charge in [-0.25, -0.2) is 0 Å². The number of nitrogens with one attached hydrogen (secondary N) is 1. The molecule has 2 rings (SSSR count). The van der Waals surface area contributed by atoms with Gasteiger partial charge >= 0.3 is 0 Å². The zero-order valence-corrected chi connectivity index (χ0v) is 11.3. The SMILES string of the molecule is CN1CCN(C(=O)CNc2cccc(Cl)c2)CC1. The van der Waals surface area contributed by atoms with Crippen molar-refractivity contribution in [2.45, 2.75) is 0 Å². The first kappa shape index (κ1) is 13.2. The molecule has 1 N–H and O–H groups in total. The second-order valence-electron chi connectivity index (χ2n) is 4.55. The van der Waals surface area contributed by atoms with Gasteiger partial charge in [0.25, 0.3) is 0 Å². The van der Waals surface area contributed by atoms with Crippen LogP contribution in [0.3, 0.4) is 0 Å². The van der Waals surface area contributed by atoms with E-state index in [1.165, 1.54) is 0 Å². The van der Waals surface area contributed by atoms with Crippen LogP contribution in [0.15, 0.2) is 24.3 Å². The van der Waals surface area contributed by atoms with Crippen LogP contribution in [-0.4, -0.2) is 55.5 Å². The fourth-order valence-corrected chi connectivity index (χ4v) is 2.13. The molecule has 0 unspecified atom stereocenters. The van der Waals surface area contributed by atoms with E-state index in [0.717, 1.165) is 31.9 Å². The molecule has 4 nitrogen and oxygen atoms in total. The lowest BCUT2D eigenvalue weighted by molar-refractivity contribution is -0.130. The van der Waals surface area contributed by atoms with E-state index in [9.17, 15) is 4.79 Å². The molecule has 5 heteroatoms. The van der Waals surface area contributed by atoms with Crippen molar-refractivity contribution in [3.63, 3.8) is 0 Å². The van der Waals surface area contributed by atoms with Gasteiger partial charge in [-0.3, -0.25) is 4.79 Å². The van der Waals surface area contributed by atoms with Crippen LogP contribution in [0.1, 0.15) is 0 Å². The Kier molecular flexibility index (Phi) is 4.44. The number of likely N-dealkylation sites (N-methyl/N-ethyl adjacent to an activating group) is 1. The molecule has 1 aromatic rings. The maximum atomic E-state index is 12.0. The fraction of sp³-hybridized carbons (Fsp3) is 0.462.